The molecule has 92 valence electrons. The predicted molar refractivity (Wildman–Crippen MR) is 58.3 cm³/mol. The second-order valence-corrected chi connectivity index (χ2v) is 3.84. The van der Waals surface area contributed by atoms with Crippen LogP contribution in [0.25, 0.3) is 5.69 Å². The third kappa shape index (κ3) is 2.17. The van der Waals surface area contributed by atoms with Gasteiger partial charge in [-0.2, -0.15) is 23.5 Å². The number of nitriles is 1. The molecule has 1 aromatic carbocycles. The molecule has 0 aliphatic heterocycles. The monoisotopic (exact) mass is 271 g/mol. The van der Waals surface area contributed by atoms with Crippen molar-refractivity contribution in [1.29, 1.82) is 5.26 Å². The third-order valence-electron chi connectivity index (χ3n) is 2.23. The fourth-order valence-corrected chi connectivity index (χ4v) is 1.61. The van der Waals surface area contributed by atoms with Crippen molar-refractivity contribution in [3.8, 4) is 11.8 Å². The van der Waals surface area contributed by atoms with Crippen LogP contribution in [0.4, 0.5) is 13.2 Å². The van der Waals surface area contributed by atoms with Crippen molar-refractivity contribution < 1.29 is 13.2 Å². The lowest BCUT2D eigenvalue weighted by molar-refractivity contribution is -0.143. The molecule has 0 N–H and O–H groups in total. The summed E-state index contributed by atoms with van der Waals surface area (Å²) in [4.78, 5) is 0. The molecule has 0 aliphatic carbocycles. The first kappa shape index (κ1) is 12.5. The van der Waals surface area contributed by atoms with E-state index < -0.39 is 17.4 Å². The summed E-state index contributed by atoms with van der Waals surface area (Å²) >= 11 is 5.66. The van der Waals surface area contributed by atoms with Crippen LogP contribution in [0.15, 0.2) is 30.5 Å². The summed E-state index contributed by atoms with van der Waals surface area (Å²) in [6.07, 6.45) is -3.77. The summed E-state index contributed by atoms with van der Waals surface area (Å²) in [7, 11) is 0. The average Bonchev–Trinajstić information content (AvgIpc) is 2.73. The van der Waals surface area contributed by atoms with Gasteiger partial charge in [-0.1, -0.05) is 11.6 Å². The number of halogens is 4. The fraction of sp³-hybridized carbons (Fsp3) is 0.0909. The van der Waals surface area contributed by atoms with E-state index in [0.717, 1.165) is 6.20 Å². The van der Waals surface area contributed by atoms with E-state index in [4.69, 9.17) is 16.9 Å². The van der Waals surface area contributed by atoms with Crippen molar-refractivity contribution in [1.82, 2.24) is 9.78 Å². The molecule has 1 heterocycles. The molecule has 0 atom stereocenters. The Morgan fingerprint density at radius 1 is 1.22 bits per heavy atom. The minimum absolute atomic E-state index is 0.188. The average molecular weight is 272 g/mol. The molecule has 3 nitrogen and oxygen atoms in total. The predicted octanol–water partition coefficient (Wildman–Crippen LogP) is 3.42. The zero-order valence-electron chi connectivity index (χ0n) is 8.74. The SMILES string of the molecule is N#Cc1cnn(-c2ccc(Cl)cc2)c1C(F)(F)F. The largest absolute Gasteiger partial charge is 0.434 e. The Labute approximate surface area is 105 Å². The molecule has 0 unspecified atom stereocenters. The zero-order chi connectivity index (χ0) is 13.3. The van der Waals surface area contributed by atoms with E-state index in [1.54, 1.807) is 0 Å². The molecular weight excluding hydrogens is 267 g/mol. The number of benzene rings is 1. The molecule has 18 heavy (non-hydrogen) atoms. The molecule has 1 aromatic heterocycles. The molecule has 0 aliphatic rings. The van der Waals surface area contributed by atoms with Gasteiger partial charge in [0.25, 0.3) is 0 Å². The van der Waals surface area contributed by atoms with Gasteiger partial charge >= 0.3 is 6.18 Å². The summed E-state index contributed by atoms with van der Waals surface area (Å²) in [5.41, 5.74) is -1.42. The quantitative estimate of drug-likeness (QED) is 0.797. The third-order valence-corrected chi connectivity index (χ3v) is 2.48. The van der Waals surface area contributed by atoms with E-state index in [0.29, 0.717) is 9.70 Å². The maximum atomic E-state index is 12.9. The highest BCUT2D eigenvalue weighted by atomic mass is 35.5. The first-order valence-electron chi connectivity index (χ1n) is 4.74. The molecule has 2 rings (SSSR count). The molecule has 0 spiro atoms. The Hall–Kier alpha value is -2.00. The molecule has 0 saturated carbocycles. The van der Waals surface area contributed by atoms with Gasteiger partial charge < -0.3 is 0 Å². The molecule has 0 bridgehead atoms. The van der Waals surface area contributed by atoms with Gasteiger partial charge in [0.15, 0.2) is 5.69 Å². The lowest BCUT2D eigenvalue weighted by Crippen LogP contribution is -2.14. The Morgan fingerprint density at radius 2 is 1.83 bits per heavy atom. The fourth-order valence-electron chi connectivity index (χ4n) is 1.48. The molecular formula is C11H5ClF3N3. The van der Waals surface area contributed by atoms with Crippen molar-refractivity contribution >= 4 is 11.6 Å². The molecule has 0 fully saturated rings. The van der Waals surface area contributed by atoms with Crippen LogP contribution in [0.5, 0.6) is 0 Å². The van der Waals surface area contributed by atoms with Crippen molar-refractivity contribution in [3.63, 3.8) is 0 Å². The van der Waals surface area contributed by atoms with Crippen LogP contribution in [0.3, 0.4) is 0 Å². The van der Waals surface area contributed by atoms with Crippen LogP contribution in [0.2, 0.25) is 5.02 Å². The van der Waals surface area contributed by atoms with E-state index in [1.807, 2.05) is 0 Å². The molecule has 2 aromatic rings. The number of nitrogens with zero attached hydrogens (tertiary/aromatic N) is 3. The van der Waals surface area contributed by atoms with E-state index in [1.165, 1.54) is 30.3 Å². The minimum atomic E-state index is -4.65. The summed E-state index contributed by atoms with van der Waals surface area (Å²) < 4.78 is 39.2. The normalized spacial score (nSPS) is 11.3. The highest BCUT2D eigenvalue weighted by molar-refractivity contribution is 6.30. The molecule has 0 radical (unpaired) electrons. The van der Waals surface area contributed by atoms with Crippen molar-refractivity contribution in [2.45, 2.75) is 6.18 Å². The Morgan fingerprint density at radius 3 is 2.33 bits per heavy atom. The highest BCUT2D eigenvalue weighted by Gasteiger charge is 2.38. The lowest BCUT2D eigenvalue weighted by atomic mass is 10.2. The van der Waals surface area contributed by atoms with Gasteiger partial charge in [0, 0.05) is 5.02 Å². The molecule has 0 amide bonds. The van der Waals surface area contributed by atoms with Crippen molar-refractivity contribution in [3.05, 3.63) is 46.7 Å². The Kier molecular flexibility index (Phi) is 3.01. The van der Waals surface area contributed by atoms with Gasteiger partial charge in [-0.25, -0.2) is 4.68 Å². The van der Waals surface area contributed by atoms with Gasteiger partial charge in [0.1, 0.15) is 11.6 Å². The lowest BCUT2D eigenvalue weighted by Gasteiger charge is -2.10. The van der Waals surface area contributed by atoms with Gasteiger partial charge in [-0.15, -0.1) is 0 Å². The van der Waals surface area contributed by atoms with E-state index >= 15 is 0 Å². The smallest absolute Gasteiger partial charge is 0.227 e. The van der Waals surface area contributed by atoms with Gasteiger partial charge in [0.2, 0.25) is 0 Å². The number of rotatable bonds is 1. The standard InChI is InChI=1S/C11H5ClF3N3/c12-8-1-3-9(4-2-8)18-10(11(13,14)15)7(5-16)6-17-18/h1-4,6H. The highest BCUT2D eigenvalue weighted by Crippen LogP contribution is 2.33. The van der Waals surface area contributed by atoms with Crippen LogP contribution in [-0.2, 0) is 6.18 Å². The van der Waals surface area contributed by atoms with Gasteiger partial charge in [-0.3, -0.25) is 0 Å². The van der Waals surface area contributed by atoms with E-state index in [2.05, 4.69) is 5.10 Å². The van der Waals surface area contributed by atoms with Crippen LogP contribution >= 0.6 is 11.6 Å². The number of hydrogen-bond acceptors (Lipinski definition) is 2. The second kappa shape index (κ2) is 4.35. The maximum absolute atomic E-state index is 12.9. The summed E-state index contributed by atoms with van der Waals surface area (Å²) in [5.74, 6) is 0. The number of alkyl halides is 3. The topological polar surface area (TPSA) is 41.6 Å². The molecule has 7 heteroatoms. The van der Waals surface area contributed by atoms with Crippen LogP contribution in [0, 0.1) is 11.3 Å². The first-order valence-corrected chi connectivity index (χ1v) is 5.12. The van der Waals surface area contributed by atoms with Crippen molar-refractivity contribution in [2.75, 3.05) is 0 Å². The summed E-state index contributed by atoms with van der Waals surface area (Å²) in [5, 5.41) is 12.6. The second-order valence-electron chi connectivity index (χ2n) is 3.40. The first-order chi connectivity index (χ1) is 8.43. The maximum Gasteiger partial charge on any atom is 0.434 e. The Balaban J connectivity index is 2.63. The van der Waals surface area contributed by atoms with E-state index in [-0.39, 0.29) is 5.69 Å². The van der Waals surface area contributed by atoms with Crippen LogP contribution in [-0.4, -0.2) is 9.78 Å². The summed E-state index contributed by atoms with van der Waals surface area (Å²) in [6, 6.07) is 7.16. The van der Waals surface area contributed by atoms with E-state index in [9.17, 15) is 13.2 Å². The van der Waals surface area contributed by atoms with Gasteiger partial charge in [-0.05, 0) is 24.3 Å². The zero-order valence-corrected chi connectivity index (χ0v) is 9.50. The van der Waals surface area contributed by atoms with Crippen LogP contribution in [0.1, 0.15) is 11.3 Å². The van der Waals surface area contributed by atoms with Crippen LogP contribution < -0.4 is 0 Å². The van der Waals surface area contributed by atoms with Gasteiger partial charge in [0.05, 0.1) is 11.9 Å². The van der Waals surface area contributed by atoms with Crippen molar-refractivity contribution in [2.24, 2.45) is 0 Å². The summed E-state index contributed by atoms with van der Waals surface area (Å²) in [6.45, 7) is 0. The number of aromatic nitrogens is 2. The number of hydrogen-bond donors (Lipinski definition) is 0. The Bertz CT molecular complexity index is 608. The molecule has 0 saturated heterocycles. The minimum Gasteiger partial charge on any atom is -0.227 e.